The molecule has 34 heavy (non-hydrogen) atoms. The highest BCUT2D eigenvalue weighted by Crippen LogP contribution is 2.40. The van der Waals surface area contributed by atoms with Gasteiger partial charge in [0.1, 0.15) is 11.5 Å². The van der Waals surface area contributed by atoms with Crippen LogP contribution in [0.5, 0.6) is 5.75 Å². The molecule has 0 aliphatic carbocycles. The highest BCUT2D eigenvalue weighted by molar-refractivity contribution is 6.14. The zero-order valence-corrected chi connectivity index (χ0v) is 19.0. The maximum atomic E-state index is 13.3. The summed E-state index contributed by atoms with van der Waals surface area (Å²) in [5.41, 5.74) is 1.56. The zero-order chi connectivity index (χ0) is 23.9. The molecule has 6 heteroatoms. The first-order valence-electron chi connectivity index (χ1n) is 11.3. The number of nitrogens with zero attached hydrogens (tertiary/aromatic N) is 1. The Kier molecular flexibility index (Phi) is 7.28. The molecule has 6 nitrogen and oxygen atoms in total. The summed E-state index contributed by atoms with van der Waals surface area (Å²) in [4.78, 5) is 27.8. The van der Waals surface area contributed by atoms with E-state index in [1.807, 2.05) is 54.6 Å². The Morgan fingerprint density at radius 2 is 1.94 bits per heavy atom. The number of ether oxygens (including phenoxy) is 1. The van der Waals surface area contributed by atoms with Gasteiger partial charge in [-0.2, -0.15) is 0 Å². The molecule has 0 radical (unpaired) electrons. The summed E-state index contributed by atoms with van der Waals surface area (Å²) < 4.78 is 11.3. The molecule has 0 saturated heterocycles. The summed E-state index contributed by atoms with van der Waals surface area (Å²) in [7, 11) is 0. The Hall–Kier alpha value is -4.06. The third-order valence-corrected chi connectivity index (χ3v) is 5.64. The van der Waals surface area contributed by atoms with E-state index >= 15 is 0 Å². The summed E-state index contributed by atoms with van der Waals surface area (Å²) >= 11 is 0. The van der Waals surface area contributed by atoms with Gasteiger partial charge in [0, 0.05) is 0 Å². The van der Waals surface area contributed by atoms with Crippen LogP contribution in [0.4, 0.5) is 0 Å². The quantitative estimate of drug-likeness (QED) is 0.315. The van der Waals surface area contributed by atoms with Crippen LogP contribution < -0.4 is 4.74 Å². The van der Waals surface area contributed by atoms with Gasteiger partial charge in [0.2, 0.25) is 0 Å². The lowest BCUT2D eigenvalue weighted by atomic mass is 9.95. The molecule has 1 unspecified atom stereocenters. The molecule has 0 saturated carbocycles. The maximum absolute atomic E-state index is 13.3. The molecule has 2 aromatic carbocycles. The first-order chi connectivity index (χ1) is 16.6. The second kappa shape index (κ2) is 10.7. The largest absolute Gasteiger partial charge is 0.503 e. The molecule has 3 aromatic rings. The summed E-state index contributed by atoms with van der Waals surface area (Å²) in [5.74, 6) is -0.393. The maximum Gasteiger partial charge on any atom is 0.290 e. The van der Waals surface area contributed by atoms with Gasteiger partial charge in [-0.05, 0) is 47.9 Å². The van der Waals surface area contributed by atoms with Gasteiger partial charge in [-0.1, -0.05) is 61.9 Å². The molecule has 2 heterocycles. The number of carbonyl (C=O) groups is 2. The Balaban J connectivity index is 1.69. The minimum Gasteiger partial charge on any atom is -0.503 e. The molecule has 1 atom stereocenters. The van der Waals surface area contributed by atoms with Crippen molar-refractivity contribution >= 4 is 17.8 Å². The second-order valence-corrected chi connectivity index (χ2v) is 8.06. The van der Waals surface area contributed by atoms with Crippen LogP contribution in [-0.4, -0.2) is 28.3 Å². The normalized spacial score (nSPS) is 16.0. The second-order valence-electron chi connectivity index (χ2n) is 8.06. The number of hydrogen-bond acceptors (Lipinski definition) is 5. The number of hydrogen-bond donors (Lipinski definition) is 1. The number of rotatable bonds is 10. The van der Waals surface area contributed by atoms with E-state index in [1.165, 1.54) is 17.2 Å². The van der Waals surface area contributed by atoms with Crippen LogP contribution in [0.25, 0.3) is 6.08 Å². The third kappa shape index (κ3) is 5.12. The van der Waals surface area contributed by atoms with Gasteiger partial charge in [0.05, 0.1) is 31.0 Å². The average Bonchev–Trinajstić information content (AvgIpc) is 3.46. The molecule has 0 bridgehead atoms. The summed E-state index contributed by atoms with van der Waals surface area (Å²) in [5, 5.41) is 10.8. The van der Waals surface area contributed by atoms with Crippen LogP contribution in [-0.2, 0) is 16.1 Å². The lowest BCUT2D eigenvalue weighted by Crippen LogP contribution is -2.30. The Labute approximate surface area is 198 Å². The number of carbonyl (C=O) groups excluding carboxylic acids is 2. The number of unbranched alkanes of at least 4 members (excludes halogenated alkanes) is 1. The van der Waals surface area contributed by atoms with Crippen LogP contribution in [0.3, 0.4) is 0 Å². The average molecular weight is 458 g/mol. The predicted octanol–water partition coefficient (Wildman–Crippen LogP) is 5.64. The third-order valence-electron chi connectivity index (χ3n) is 5.64. The van der Waals surface area contributed by atoms with Crippen molar-refractivity contribution in [2.24, 2.45) is 0 Å². The smallest absolute Gasteiger partial charge is 0.290 e. The molecule has 1 aliphatic heterocycles. The SMILES string of the molecule is CCCCOc1cccc(C2C(C(=O)/C=C/c3ccccc3)=C(O)C(=O)N2Cc2ccco2)c1. The Morgan fingerprint density at radius 3 is 2.68 bits per heavy atom. The van der Waals surface area contributed by atoms with Crippen molar-refractivity contribution in [1.29, 1.82) is 0 Å². The van der Waals surface area contributed by atoms with Crippen molar-refractivity contribution in [2.75, 3.05) is 6.61 Å². The van der Waals surface area contributed by atoms with Crippen molar-refractivity contribution in [3.63, 3.8) is 0 Å². The molecule has 4 rings (SSSR count). The van der Waals surface area contributed by atoms with Crippen molar-refractivity contribution in [3.8, 4) is 5.75 Å². The lowest BCUT2D eigenvalue weighted by molar-refractivity contribution is -0.130. The number of ketones is 1. The fourth-order valence-corrected chi connectivity index (χ4v) is 3.92. The van der Waals surface area contributed by atoms with Crippen molar-refractivity contribution in [3.05, 3.63) is 107 Å². The van der Waals surface area contributed by atoms with Crippen molar-refractivity contribution in [1.82, 2.24) is 4.90 Å². The van der Waals surface area contributed by atoms with Gasteiger partial charge in [-0.25, -0.2) is 0 Å². The minimum absolute atomic E-state index is 0.0365. The first-order valence-corrected chi connectivity index (χ1v) is 11.3. The van der Waals surface area contributed by atoms with E-state index in [4.69, 9.17) is 9.15 Å². The highest BCUT2D eigenvalue weighted by Gasteiger charge is 2.43. The van der Waals surface area contributed by atoms with E-state index in [9.17, 15) is 14.7 Å². The molecule has 174 valence electrons. The molecular weight excluding hydrogens is 430 g/mol. The zero-order valence-electron chi connectivity index (χ0n) is 19.0. The van der Waals surface area contributed by atoms with Crippen LogP contribution in [0.1, 0.15) is 42.7 Å². The van der Waals surface area contributed by atoms with Crippen LogP contribution in [0.2, 0.25) is 0 Å². The number of benzene rings is 2. The van der Waals surface area contributed by atoms with E-state index < -0.39 is 23.5 Å². The number of aliphatic hydroxyl groups is 1. The molecule has 1 amide bonds. The predicted molar refractivity (Wildman–Crippen MR) is 129 cm³/mol. The lowest BCUT2D eigenvalue weighted by Gasteiger charge is -2.26. The first kappa shape index (κ1) is 23.1. The summed E-state index contributed by atoms with van der Waals surface area (Å²) in [6, 6.07) is 19.4. The molecule has 0 fully saturated rings. The monoisotopic (exact) mass is 457 g/mol. The van der Waals surface area contributed by atoms with E-state index in [0.717, 1.165) is 18.4 Å². The fraction of sp³-hybridized carbons (Fsp3) is 0.214. The van der Waals surface area contributed by atoms with Gasteiger partial charge < -0.3 is 19.2 Å². The molecule has 1 aliphatic rings. The molecule has 1 N–H and O–H groups in total. The standard InChI is InChI=1S/C28H27NO5/c1-2-3-16-33-22-12-7-11-21(18-22)26-25(24(30)15-14-20-9-5-4-6-10-20)27(31)28(32)29(26)19-23-13-8-17-34-23/h4-15,17-18,26,31H,2-3,16,19H2,1H3/b15-14+. The van der Waals surface area contributed by atoms with Crippen LogP contribution in [0.15, 0.2) is 94.8 Å². The molecular formula is C28H27NO5. The number of allylic oxidation sites excluding steroid dienone is 1. The van der Waals surface area contributed by atoms with Crippen molar-refractivity contribution < 1.29 is 23.8 Å². The molecule has 0 spiro atoms. The van der Waals surface area contributed by atoms with Crippen LogP contribution >= 0.6 is 0 Å². The van der Waals surface area contributed by atoms with E-state index in [1.54, 1.807) is 18.2 Å². The van der Waals surface area contributed by atoms with Gasteiger partial charge in [-0.3, -0.25) is 9.59 Å². The van der Waals surface area contributed by atoms with Crippen molar-refractivity contribution in [2.45, 2.75) is 32.4 Å². The molecule has 1 aromatic heterocycles. The Bertz CT molecular complexity index is 1190. The van der Waals surface area contributed by atoms with Gasteiger partial charge in [0.15, 0.2) is 11.5 Å². The summed E-state index contributed by atoms with van der Waals surface area (Å²) in [6.07, 6.45) is 6.51. The topological polar surface area (TPSA) is 80.0 Å². The summed E-state index contributed by atoms with van der Waals surface area (Å²) in [6.45, 7) is 2.78. The number of amides is 1. The number of furan rings is 1. The van der Waals surface area contributed by atoms with E-state index in [-0.39, 0.29) is 12.1 Å². The van der Waals surface area contributed by atoms with Gasteiger partial charge in [-0.15, -0.1) is 0 Å². The highest BCUT2D eigenvalue weighted by atomic mass is 16.5. The van der Waals surface area contributed by atoms with Gasteiger partial charge >= 0.3 is 0 Å². The Morgan fingerprint density at radius 1 is 1.12 bits per heavy atom. The van der Waals surface area contributed by atoms with E-state index in [0.29, 0.717) is 23.7 Å². The minimum atomic E-state index is -0.778. The van der Waals surface area contributed by atoms with Gasteiger partial charge in [0.25, 0.3) is 5.91 Å². The fourth-order valence-electron chi connectivity index (χ4n) is 3.92. The van der Waals surface area contributed by atoms with E-state index in [2.05, 4.69) is 6.92 Å². The van der Waals surface area contributed by atoms with Crippen LogP contribution in [0, 0.1) is 0 Å². The number of aliphatic hydroxyl groups excluding tert-OH is 1.